The molecule has 3 aromatic rings. The number of fused-ring (bicyclic) bond motifs is 2. The Labute approximate surface area is 167 Å². The van der Waals surface area contributed by atoms with E-state index in [9.17, 15) is 10.2 Å². The molecule has 0 fully saturated rings. The van der Waals surface area contributed by atoms with Crippen LogP contribution in [0.3, 0.4) is 0 Å². The molecule has 1 aromatic heterocycles. The van der Waals surface area contributed by atoms with Crippen LogP contribution in [0, 0.1) is 0 Å². The molecule has 4 rings (SSSR count). The summed E-state index contributed by atoms with van der Waals surface area (Å²) in [5.74, 6) is 2.29. The van der Waals surface area contributed by atoms with Crippen molar-refractivity contribution in [2.45, 2.75) is 12.5 Å². The highest BCUT2D eigenvalue weighted by atomic mass is 16.5. The largest absolute Gasteiger partial charge is 0.508 e. The number of aliphatic hydroxyl groups excluding tert-OH is 1. The molecule has 2 aromatic carbocycles. The van der Waals surface area contributed by atoms with Crippen molar-refractivity contribution in [3.63, 3.8) is 0 Å². The third-order valence-electron chi connectivity index (χ3n) is 5.02. The molecule has 0 unspecified atom stereocenters. The quantitative estimate of drug-likeness (QED) is 0.442. The van der Waals surface area contributed by atoms with Gasteiger partial charge in [-0.25, -0.2) is 4.57 Å². The fourth-order valence-electron chi connectivity index (χ4n) is 3.64. The summed E-state index contributed by atoms with van der Waals surface area (Å²) < 4.78 is 18.5. The summed E-state index contributed by atoms with van der Waals surface area (Å²) in [5.41, 5.74) is 8.87. The summed E-state index contributed by atoms with van der Waals surface area (Å²) in [6.07, 6.45) is 1.53. The fraction of sp³-hybridized carbons (Fsp3) is 0.238. The molecule has 0 aliphatic carbocycles. The van der Waals surface area contributed by atoms with Gasteiger partial charge in [0.05, 0.1) is 33.3 Å². The molecule has 8 heteroatoms. The average molecular weight is 396 g/mol. The number of nitrogen functional groups attached to an aromatic ring is 1. The molecule has 0 saturated heterocycles. The van der Waals surface area contributed by atoms with Gasteiger partial charge in [-0.1, -0.05) is 17.1 Å². The SMILES string of the molecule is COc1ccc([C@@H]2c3ccc(O)cc3Oc3nc[n+](CCO)c(N)c32)cc1OC. The van der Waals surface area contributed by atoms with E-state index in [0.717, 1.165) is 11.1 Å². The lowest BCUT2D eigenvalue weighted by molar-refractivity contribution is -0.687. The summed E-state index contributed by atoms with van der Waals surface area (Å²) in [6.45, 7) is 0.245. The van der Waals surface area contributed by atoms with Gasteiger partial charge in [0.2, 0.25) is 12.1 Å². The summed E-state index contributed by atoms with van der Waals surface area (Å²) in [6, 6.07) is 10.6. The third-order valence-corrected chi connectivity index (χ3v) is 5.02. The zero-order valence-corrected chi connectivity index (χ0v) is 16.1. The van der Waals surface area contributed by atoms with Crippen molar-refractivity contribution in [3.8, 4) is 28.9 Å². The predicted octanol–water partition coefficient (Wildman–Crippen LogP) is 1.95. The Balaban J connectivity index is 1.96. The molecule has 0 saturated carbocycles. The van der Waals surface area contributed by atoms with Gasteiger partial charge in [0.1, 0.15) is 17.1 Å². The van der Waals surface area contributed by atoms with E-state index in [2.05, 4.69) is 4.98 Å². The first-order valence-corrected chi connectivity index (χ1v) is 9.08. The number of hydrogen-bond acceptors (Lipinski definition) is 7. The molecular weight excluding hydrogens is 374 g/mol. The van der Waals surface area contributed by atoms with E-state index in [1.165, 1.54) is 6.33 Å². The number of hydrogen-bond donors (Lipinski definition) is 3. The van der Waals surface area contributed by atoms with Crippen molar-refractivity contribution < 1.29 is 29.0 Å². The second kappa shape index (κ2) is 7.48. The van der Waals surface area contributed by atoms with Crippen molar-refractivity contribution >= 4 is 5.82 Å². The number of nitrogens with two attached hydrogens (primary N) is 1. The van der Waals surface area contributed by atoms with Crippen molar-refractivity contribution in [1.29, 1.82) is 0 Å². The second-order valence-electron chi connectivity index (χ2n) is 6.64. The van der Waals surface area contributed by atoms with E-state index in [0.29, 0.717) is 41.1 Å². The first kappa shape index (κ1) is 18.8. The summed E-state index contributed by atoms with van der Waals surface area (Å²) in [4.78, 5) is 4.39. The lowest BCUT2D eigenvalue weighted by Gasteiger charge is -2.27. The molecule has 8 nitrogen and oxygen atoms in total. The summed E-state index contributed by atoms with van der Waals surface area (Å²) in [7, 11) is 3.16. The van der Waals surface area contributed by atoms with Crippen LogP contribution in [-0.4, -0.2) is 36.0 Å². The summed E-state index contributed by atoms with van der Waals surface area (Å²) >= 11 is 0. The molecule has 0 spiro atoms. The van der Waals surface area contributed by atoms with Gasteiger partial charge in [0.15, 0.2) is 11.5 Å². The van der Waals surface area contributed by atoms with Gasteiger partial charge in [-0.2, -0.15) is 0 Å². The topological polar surface area (TPSA) is 111 Å². The van der Waals surface area contributed by atoms with E-state index < -0.39 is 0 Å². The number of phenols is 1. The van der Waals surface area contributed by atoms with Crippen LogP contribution >= 0.6 is 0 Å². The van der Waals surface area contributed by atoms with Crippen molar-refractivity contribution in [2.24, 2.45) is 0 Å². The standard InChI is InChI=1S/C21H21N3O5/c1-27-15-6-3-12(9-17(15)28-2)18-14-5-4-13(26)10-16(14)29-21-19(18)20(22)24(7-8-25)11-23-21/h3-6,9-11,18,22,25-26H,7-8H2,1-2H3/p+1/t18-/m1/s1. The van der Waals surface area contributed by atoms with Crippen molar-refractivity contribution in [1.82, 2.24) is 4.98 Å². The molecule has 1 atom stereocenters. The maximum Gasteiger partial charge on any atom is 0.306 e. The van der Waals surface area contributed by atoms with Gasteiger partial charge in [-0.05, 0) is 23.8 Å². The van der Waals surface area contributed by atoms with Crippen molar-refractivity contribution in [3.05, 3.63) is 59.4 Å². The predicted molar refractivity (Wildman–Crippen MR) is 105 cm³/mol. The van der Waals surface area contributed by atoms with Crippen LogP contribution in [0.5, 0.6) is 28.9 Å². The monoisotopic (exact) mass is 396 g/mol. The Kier molecular flexibility index (Phi) is 4.85. The van der Waals surface area contributed by atoms with Crippen LogP contribution in [-0.2, 0) is 6.54 Å². The maximum atomic E-state index is 9.92. The molecular formula is C21H22N3O5+. The first-order chi connectivity index (χ1) is 14.1. The van der Waals surface area contributed by atoms with Gasteiger partial charge in [-0.15, -0.1) is 0 Å². The molecule has 0 amide bonds. The third kappa shape index (κ3) is 3.17. The number of methoxy groups -OCH3 is 2. The van der Waals surface area contributed by atoms with E-state index >= 15 is 0 Å². The second-order valence-corrected chi connectivity index (χ2v) is 6.64. The molecule has 150 valence electrons. The van der Waals surface area contributed by atoms with E-state index in [-0.39, 0.29) is 18.3 Å². The molecule has 2 heterocycles. The Hall–Kier alpha value is -3.52. The number of ether oxygens (including phenoxy) is 3. The van der Waals surface area contributed by atoms with Crippen LogP contribution in [0.2, 0.25) is 0 Å². The van der Waals surface area contributed by atoms with E-state index in [4.69, 9.17) is 19.9 Å². The number of aliphatic hydroxyl groups is 1. The van der Waals surface area contributed by atoms with Gasteiger partial charge >= 0.3 is 5.88 Å². The lowest BCUT2D eigenvalue weighted by atomic mass is 9.83. The van der Waals surface area contributed by atoms with Crippen LogP contribution < -0.4 is 24.5 Å². The molecule has 1 aliphatic rings. The number of aromatic nitrogens is 2. The Bertz CT molecular complexity index is 1070. The van der Waals surface area contributed by atoms with Gasteiger partial charge < -0.3 is 30.2 Å². The molecule has 4 N–H and O–H groups in total. The number of anilines is 1. The Morgan fingerprint density at radius 2 is 1.93 bits per heavy atom. The normalized spacial score (nSPS) is 14.5. The molecule has 29 heavy (non-hydrogen) atoms. The number of aromatic hydroxyl groups is 1. The number of benzene rings is 2. The first-order valence-electron chi connectivity index (χ1n) is 9.08. The van der Waals surface area contributed by atoms with Gasteiger partial charge in [-0.3, -0.25) is 0 Å². The zero-order valence-electron chi connectivity index (χ0n) is 16.1. The Morgan fingerprint density at radius 3 is 2.66 bits per heavy atom. The van der Waals surface area contributed by atoms with Crippen LogP contribution in [0.1, 0.15) is 22.6 Å². The van der Waals surface area contributed by atoms with Gasteiger partial charge in [0.25, 0.3) is 0 Å². The molecule has 0 radical (unpaired) electrons. The minimum absolute atomic E-state index is 0.0678. The highest BCUT2D eigenvalue weighted by Crippen LogP contribution is 2.49. The lowest BCUT2D eigenvalue weighted by Crippen LogP contribution is -2.41. The van der Waals surface area contributed by atoms with Gasteiger partial charge in [0, 0.05) is 11.6 Å². The van der Waals surface area contributed by atoms with Crippen LogP contribution in [0.25, 0.3) is 0 Å². The smallest absolute Gasteiger partial charge is 0.306 e. The number of rotatable bonds is 5. The van der Waals surface area contributed by atoms with E-state index in [1.54, 1.807) is 37.0 Å². The van der Waals surface area contributed by atoms with E-state index in [1.807, 2.05) is 18.2 Å². The summed E-state index contributed by atoms with van der Waals surface area (Å²) in [5, 5.41) is 19.3. The average Bonchev–Trinajstić information content (AvgIpc) is 2.73. The van der Waals surface area contributed by atoms with Crippen LogP contribution in [0.15, 0.2) is 42.7 Å². The highest BCUT2D eigenvalue weighted by Gasteiger charge is 2.36. The molecule has 0 bridgehead atoms. The highest BCUT2D eigenvalue weighted by molar-refractivity contribution is 5.63. The van der Waals surface area contributed by atoms with Crippen molar-refractivity contribution in [2.75, 3.05) is 26.6 Å². The van der Waals surface area contributed by atoms with Crippen LogP contribution in [0.4, 0.5) is 5.82 Å². The number of nitrogens with zero attached hydrogens (tertiary/aromatic N) is 2. The molecule has 1 aliphatic heterocycles. The maximum absolute atomic E-state index is 9.92. The minimum Gasteiger partial charge on any atom is -0.508 e. The number of phenolic OH excluding ortho intramolecular Hbond substituents is 1. The fourth-order valence-corrected chi connectivity index (χ4v) is 3.64. The zero-order chi connectivity index (χ0) is 20.5. The Morgan fingerprint density at radius 1 is 1.14 bits per heavy atom. The minimum atomic E-state index is -0.312.